The highest BCUT2D eigenvalue weighted by atomic mass is 35.5. The molecule has 0 saturated heterocycles. The molecule has 1 aromatic carbocycles. The summed E-state index contributed by atoms with van der Waals surface area (Å²) >= 11 is 6.15. The van der Waals surface area contributed by atoms with Gasteiger partial charge in [0.1, 0.15) is 5.76 Å². The van der Waals surface area contributed by atoms with Gasteiger partial charge in [-0.2, -0.15) is 4.98 Å². The summed E-state index contributed by atoms with van der Waals surface area (Å²) in [5, 5.41) is 8.93. The maximum Gasteiger partial charge on any atom is 0.232 e. The lowest BCUT2D eigenvalue weighted by Crippen LogP contribution is -2.36. The molecule has 0 radical (unpaired) electrons. The van der Waals surface area contributed by atoms with Gasteiger partial charge in [-0.3, -0.25) is 0 Å². The van der Waals surface area contributed by atoms with Crippen molar-refractivity contribution in [1.29, 1.82) is 0 Å². The van der Waals surface area contributed by atoms with Gasteiger partial charge in [0, 0.05) is 11.1 Å². The third-order valence-corrected chi connectivity index (χ3v) is 4.72. The minimum atomic E-state index is -0.174. The van der Waals surface area contributed by atoms with Crippen LogP contribution in [-0.4, -0.2) is 15.3 Å². The molecule has 4 rings (SSSR count). The number of rotatable bonds is 4. The number of benzene rings is 1. The van der Waals surface area contributed by atoms with E-state index < -0.39 is 0 Å². The second-order valence-electron chi connectivity index (χ2n) is 6.06. The van der Waals surface area contributed by atoms with E-state index in [0.717, 1.165) is 47.1 Å². The molecular formula is C17H16ClN3O2. The predicted molar refractivity (Wildman–Crippen MR) is 84.4 cm³/mol. The topological polar surface area (TPSA) is 65.0 Å². The normalized spacial score (nSPS) is 16.3. The first-order chi connectivity index (χ1) is 11.2. The second kappa shape index (κ2) is 5.49. The van der Waals surface area contributed by atoms with Gasteiger partial charge >= 0.3 is 0 Å². The van der Waals surface area contributed by atoms with Crippen LogP contribution in [0.2, 0.25) is 5.02 Å². The molecule has 0 unspecified atom stereocenters. The molecule has 0 N–H and O–H groups in total. The fourth-order valence-corrected chi connectivity index (χ4v) is 3.33. The summed E-state index contributed by atoms with van der Waals surface area (Å²) in [5.41, 5.74) is 1.77. The van der Waals surface area contributed by atoms with Crippen LogP contribution in [0.1, 0.15) is 48.0 Å². The van der Waals surface area contributed by atoms with Crippen LogP contribution in [0.4, 0.5) is 0 Å². The van der Waals surface area contributed by atoms with Gasteiger partial charge in [-0.25, -0.2) is 0 Å². The van der Waals surface area contributed by atoms with Gasteiger partial charge < -0.3 is 9.05 Å². The van der Waals surface area contributed by atoms with Crippen molar-refractivity contribution < 1.29 is 9.05 Å². The van der Waals surface area contributed by atoms with Gasteiger partial charge in [-0.15, -0.1) is 0 Å². The third-order valence-electron chi connectivity index (χ3n) is 4.49. The monoisotopic (exact) mass is 329 g/mol. The summed E-state index contributed by atoms with van der Waals surface area (Å²) in [6, 6.07) is 9.81. The summed E-state index contributed by atoms with van der Waals surface area (Å²) in [6.45, 7) is 1.86. The minimum Gasteiger partial charge on any atom is -0.361 e. The van der Waals surface area contributed by atoms with Crippen molar-refractivity contribution in [2.45, 2.75) is 38.0 Å². The standard InChI is InChI=1S/C17H16ClN3O2/c1-11-8-14(20-22-11)10-15-19-16(21-23-15)17(6-3-7-17)12-4-2-5-13(18)9-12/h2,4-5,8-9H,3,6-7,10H2,1H3. The fraction of sp³-hybridized carbons (Fsp3) is 0.353. The molecule has 1 fully saturated rings. The van der Waals surface area contributed by atoms with E-state index in [0.29, 0.717) is 12.3 Å². The number of aryl methyl sites for hydroxylation is 1. The van der Waals surface area contributed by atoms with Crippen LogP contribution in [0.15, 0.2) is 39.4 Å². The Labute approximate surface area is 138 Å². The smallest absolute Gasteiger partial charge is 0.232 e. The number of hydrogen-bond acceptors (Lipinski definition) is 5. The molecule has 1 aliphatic carbocycles. The summed E-state index contributed by atoms with van der Waals surface area (Å²) in [7, 11) is 0. The molecule has 2 aromatic heterocycles. The number of nitrogens with zero attached hydrogens (tertiary/aromatic N) is 3. The highest BCUT2D eigenvalue weighted by Gasteiger charge is 2.44. The van der Waals surface area contributed by atoms with Gasteiger partial charge in [0.2, 0.25) is 5.89 Å². The highest BCUT2D eigenvalue weighted by Crippen LogP contribution is 2.48. The molecule has 23 heavy (non-hydrogen) atoms. The summed E-state index contributed by atoms with van der Waals surface area (Å²) in [6.07, 6.45) is 3.65. The Morgan fingerprint density at radius 1 is 1.17 bits per heavy atom. The van der Waals surface area contributed by atoms with Crippen LogP contribution in [0, 0.1) is 6.92 Å². The molecule has 0 aliphatic heterocycles. The lowest BCUT2D eigenvalue weighted by atomic mass is 9.64. The Balaban J connectivity index is 1.64. The molecule has 6 heteroatoms. The first-order valence-electron chi connectivity index (χ1n) is 7.67. The number of aromatic nitrogens is 3. The molecule has 1 saturated carbocycles. The van der Waals surface area contributed by atoms with E-state index in [9.17, 15) is 0 Å². The van der Waals surface area contributed by atoms with E-state index in [2.05, 4.69) is 21.4 Å². The van der Waals surface area contributed by atoms with Crippen LogP contribution in [-0.2, 0) is 11.8 Å². The number of hydrogen-bond donors (Lipinski definition) is 0. The molecule has 0 atom stereocenters. The van der Waals surface area contributed by atoms with Crippen molar-refractivity contribution >= 4 is 11.6 Å². The van der Waals surface area contributed by atoms with Gasteiger partial charge in [-0.1, -0.05) is 40.5 Å². The lowest BCUT2D eigenvalue weighted by molar-refractivity contribution is 0.271. The minimum absolute atomic E-state index is 0.174. The molecule has 0 amide bonds. The maximum atomic E-state index is 6.15. The molecule has 2 heterocycles. The summed E-state index contributed by atoms with van der Waals surface area (Å²) in [5.74, 6) is 2.07. The highest BCUT2D eigenvalue weighted by molar-refractivity contribution is 6.30. The maximum absolute atomic E-state index is 6.15. The largest absolute Gasteiger partial charge is 0.361 e. The molecule has 3 aromatic rings. The third kappa shape index (κ3) is 2.55. The van der Waals surface area contributed by atoms with Crippen LogP contribution >= 0.6 is 11.6 Å². The Hall–Kier alpha value is -2.14. The van der Waals surface area contributed by atoms with Crippen LogP contribution in [0.25, 0.3) is 0 Å². The molecule has 5 nitrogen and oxygen atoms in total. The average Bonchev–Trinajstić information content (AvgIpc) is 3.08. The first-order valence-corrected chi connectivity index (χ1v) is 8.05. The van der Waals surface area contributed by atoms with Crippen LogP contribution in [0.5, 0.6) is 0 Å². The van der Waals surface area contributed by atoms with Crippen molar-refractivity contribution in [3.63, 3.8) is 0 Å². The average molecular weight is 330 g/mol. The zero-order chi connectivity index (χ0) is 15.9. The van der Waals surface area contributed by atoms with E-state index in [1.165, 1.54) is 0 Å². The first kappa shape index (κ1) is 14.5. The lowest BCUT2D eigenvalue weighted by Gasteiger charge is -2.39. The molecular weight excluding hydrogens is 314 g/mol. The Morgan fingerprint density at radius 3 is 2.70 bits per heavy atom. The zero-order valence-corrected chi connectivity index (χ0v) is 13.5. The zero-order valence-electron chi connectivity index (χ0n) is 12.8. The van der Waals surface area contributed by atoms with Crippen molar-refractivity contribution in [3.05, 3.63) is 64.1 Å². The Morgan fingerprint density at radius 2 is 2.04 bits per heavy atom. The Bertz CT molecular complexity index is 836. The van der Waals surface area contributed by atoms with Gasteiger partial charge in [0.15, 0.2) is 5.82 Å². The predicted octanol–water partition coefficient (Wildman–Crippen LogP) is 4.08. The van der Waals surface area contributed by atoms with Crippen molar-refractivity contribution in [2.24, 2.45) is 0 Å². The van der Waals surface area contributed by atoms with Gasteiger partial charge in [-0.05, 0) is 37.5 Å². The van der Waals surface area contributed by atoms with Gasteiger partial charge in [0.05, 0.1) is 17.5 Å². The SMILES string of the molecule is Cc1cc(Cc2nc(C3(c4cccc(Cl)c4)CCC3)no2)no1. The van der Waals surface area contributed by atoms with Crippen LogP contribution < -0.4 is 0 Å². The second-order valence-corrected chi connectivity index (χ2v) is 6.50. The van der Waals surface area contributed by atoms with E-state index in [1.807, 2.05) is 31.2 Å². The van der Waals surface area contributed by atoms with E-state index >= 15 is 0 Å². The summed E-state index contributed by atoms with van der Waals surface area (Å²) < 4.78 is 10.5. The number of halogens is 1. The fourth-order valence-electron chi connectivity index (χ4n) is 3.14. The quantitative estimate of drug-likeness (QED) is 0.721. The molecule has 0 bridgehead atoms. The molecule has 0 spiro atoms. The van der Waals surface area contributed by atoms with E-state index in [-0.39, 0.29) is 5.41 Å². The van der Waals surface area contributed by atoms with Gasteiger partial charge in [0.25, 0.3) is 0 Å². The Kier molecular flexibility index (Phi) is 3.45. The van der Waals surface area contributed by atoms with E-state index in [1.54, 1.807) is 0 Å². The van der Waals surface area contributed by atoms with Crippen molar-refractivity contribution in [1.82, 2.24) is 15.3 Å². The van der Waals surface area contributed by atoms with Crippen LogP contribution in [0.3, 0.4) is 0 Å². The molecule has 1 aliphatic rings. The van der Waals surface area contributed by atoms with Crippen molar-refractivity contribution in [3.8, 4) is 0 Å². The van der Waals surface area contributed by atoms with Crippen molar-refractivity contribution in [2.75, 3.05) is 0 Å². The summed E-state index contributed by atoms with van der Waals surface area (Å²) in [4.78, 5) is 4.61. The molecule has 118 valence electrons. The van der Waals surface area contributed by atoms with E-state index in [4.69, 9.17) is 20.6 Å².